The summed E-state index contributed by atoms with van der Waals surface area (Å²) in [5.41, 5.74) is 1.89. The second-order valence-corrected chi connectivity index (χ2v) is 6.44. The summed E-state index contributed by atoms with van der Waals surface area (Å²) in [6.45, 7) is 0.0944. The number of nitrogens with zero attached hydrogens (tertiary/aromatic N) is 2. The molecule has 0 spiro atoms. The number of ether oxygens (including phenoxy) is 1. The Morgan fingerprint density at radius 3 is 2.57 bits per heavy atom. The highest BCUT2D eigenvalue weighted by molar-refractivity contribution is 6.02. The highest BCUT2D eigenvalue weighted by atomic mass is 19.1. The van der Waals surface area contributed by atoms with Crippen LogP contribution in [0.1, 0.15) is 5.56 Å². The molecule has 0 fully saturated rings. The Morgan fingerprint density at radius 1 is 0.967 bits per heavy atom. The van der Waals surface area contributed by atoms with Crippen molar-refractivity contribution in [1.29, 1.82) is 0 Å². The molecule has 0 aliphatic rings. The van der Waals surface area contributed by atoms with E-state index in [4.69, 9.17) is 4.74 Å². The van der Waals surface area contributed by atoms with Crippen molar-refractivity contribution < 1.29 is 18.3 Å². The maximum Gasteiger partial charge on any atom is 0.323 e. The van der Waals surface area contributed by atoms with Crippen molar-refractivity contribution in [2.24, 2.45) is 0 Å². The number of halogens is 2. The van der Waals surface area contributed by atoms with Crippen molar-refractivity contribution in [3.05, 3.63) is 90.4 Å². The molecule has 0 saturated heterocycles. The standard InChI is InChI=1S/C22H16F2N4O2/c23-16-4-1-3-14(7-16)12-30-21-8-15-11-25-13-26-19(15)10-20(21)28-22(29)27-18-6-2-5-17(24)9-18/h1-11,13H,12H2,(H2,27,28,29). The number of urea groups is 1. The van der Waals surface area contributed by atoms with Gasteiger partial charge in [0.25, 0.3) is 0 Å². The zero-order valence-electron chi connectivity index (χ0n) is 15.6. The van der Waals surface area contributed by atoms with Crippen LogP contribution >= 0.6 is 0 Å². The third kappa shape index (κ3) is 4.67. The van der Waals surface area contributed by atoms with E-state index in [0.29, 0.717) is 33.6 Å². The van der Waals surface area contributed by atoms with E-state index in [-0.39, 0.29) is 12.4 Å². The molecule has 0 unspecified atom stereocenters. The molecule has 0 aliphatic carbocycles. The lowest BCUT2D eigenvalue weighted by atomic mass is 10.2. The van der Waals surface area contributed by atoms with Crippen LogP contribution in [0.2, 0.25) is 0 Å². The van der Waals surface area contributed by atoms with E-state index < -0.39 is 11.8 Å². The molecule has 2 N–H and O–H groups in total. The number of fused-ring (bicyclic) bond motifs is 1. The van der Waals surface area contributed by atoms with Gasteiger partial charge < -0.3 is 15.4 Å². The average Bonchev–Trinajstić information content (AvgIpc) is 2.72. The Morgan fingerprint density at radius 2 is 1.77 bits per heavy atom. The number of anilines is 2. The van der Waals surface area contributed by atoms with Crippen LogP contribution < -0.4 is 15.4 Å². The molecular weight excluding hydrogens is 390 g/mol. The summed E-state index contributed by atoms with van der Waals surface area (Å²) >= 11 is 0. The fourth-order valence-electron chi connectivity index (χ4n) is 2.86. The van der Waals surface area contributed by atoms with Crippen LogP contribution in [0.15, 0.2) is 73.2 Å². The summed E-state index contributed by atoms with van der Waals surface area (Å²) in [6.07, 6.45) is 3.01. The minimum Gasteiger partial charge on any atom is -0.487 e. The Hall–Kier alpha value is -4.07. The van der Waals surface area contributed by atoms with E-state index in [1.54, 1.807) is 36.5 Å². The SMILES string of the molecule is O=C(Nc1cccc(F)c1)Nc1cc2ncncc2cc1OCc1cccc(F)c1. The summed E-state index contributed by atoms with van der Waals surface area (Å²) in [6, 6.07) is 14.3. The van der Waals surface area contributed by atoms with E-state index in [9.17, 15) is 13.6 Å². The van der Waals surface area contributed by atoms with Gasteiger partial charge in [-0.3, -0.25) is 0 Å². The molecule has 2 amide bonds. The predicted molar refractivity (Wildman–Crippen MR) is 109 cm³/mol. The number of hydrogen-bond acceptors (Lipinski definition) is 4. The molecule has 4 aromatic rings. The van der Waals surface area contributed by atoms with Crippen LogP contribution in [-0.4, -0.2) is 16.0 Å². The Labute approximate surface area is 170 Å². The van der Waals surface area contributed by atoms with E-state index in [2.05, 4.69) is 20.6 Å². The lowest BCUT2D eigenvalue weighted by Gasteiger charge is -2.14. The molecule has 150 valence electrons. The number of amides is 2. The van der Waals surface area contributed by atoms with Gasteiger partial charge in [-0.2, -0.15) is 0 Å². The summed E-state index contributed by atoms with van der Waals surface area (Å²) < 4.78 is 32.6. The predicted octanol–water partition coefficient (Wildman–Crippen LogP) is 5.13. The Balaban J connectivity index is 1.58. The minimum absolute atomic E-state index is 0.0944. The first-order valence-corrected chi connectivity index (χ1v) is 9.01. The second kappa shape index (κ2) is 8.52. The van der Waals surface area contributed by atoms with Crippen LogP contribution in [0.5, 0.6) is 5.75 Å². The number of carbonyl (C=O) groups excluding carboxylic acids is 1. The van der Waals surface area contributed by atoms with Crippen molar-refractivity contribution in [2.45, 2.75) is 6.61 Å². The Bertz CT molecular complexity index is 1220. The molecule has 0 aliphatic heterocycles. The molecule has 0 radical (unpaired) electrons. The molecule has 1 aromatic heterocycles. The highest BCUT2D eigenvalue weighted by Gasteiger charge is 2.12. The molecule has 0 atom stereocenters. The van der Waals surface area contributed by atoms with Gasteiger partial charge in [0.1, 0.15) is 30.3 Å². The topological polar surface area (TPSA) is 76.1 Å². The molecule has 0 bridgehead atoms. The molecule has 6 nitrogen and oxygen atoms in total. The summed E-state index contributed by atoms with van der Waals surface area (Å²) in [5, 5.41) is 5.96. The zero-order chi connectivity index (χ0) is 20.9. The van der Waals surface area contributed by atoms with Gasteiger partial charge in [0.2, 0.25) is 0 Å². The first-order chi connectivity index (χ1) is 14.6. The third-order valence-corrected chi connectivity index (χ3v) is 4.22. The van der Waals surface area contributed by atoms with Crippen molar-refractivity contribution in [3.63, 3.8) is 0 Å². The average molecular weight is 406 g/mol. The van der Waals surface area contributed by atoms with Crippen LogP contribution in [0, 0.1) is 11.6 Å². The van der Waals surface area contributed by atoms with Crippen LogP contribution in [0.25, 0.3) is 10.9 Å². The summed E-state index contributed by atoms with van der Waals surface area (Å²) in [4.78, 5) is 20.6. The number of benzene rings is 3. The van der Waals surface area contributed by atoms with Crippen molar-refractivity contribution in [1.82, 2.24) is 9.97 Å². The maximum atomic E-state index is 13.4. The molecule has 3 aromatic carbocycles. The molecule has 30 heavy (non-hydrogen) atoms. The van der Waals surface area contributed by atoms with Gasteiger partial charge in [-0.15, -0.1) is 0 Å². The van der Waals surface area contributed by atoms with E-state index >= 15 is 0 Å². The first-order valence-electron chi connectivity index (χ1n) is 9.01. The Kier molecular flexibility index (Phi) is 5.47. The van der Waals surface area contributed by atoms with E-state index in [1.807, 2.05) is 0 Å². The van der Waals surface area contributed by atoms with Gasteiger partial charge in [0.05, 0.1) is 11.2 Å². The lowest BCUT2D eigenvalue weighted by molar-refractivity contribution is 0.261. The smallest absolute Gasteiger partial charge is 0.323 e. The molecule has 1 heterocycles. The fourth-order valence-corrected chi connectivity index (χ4v) is 2.86. The lowest BCUT2D eigenvalue weighted by Crippen LogP contribution is -2.20. The molecule has 0 saturated carbocycles. The zero-order valence-corrected chi connectivity index (χ0v) is 15.6. The first kappa shape index (κ1) is 19.3. The van der Waals surface area contributed by atoms with Crippen molar-refractivity contribution in [2.75, 3.05) is 10.6 Å². The maximum absolute atomic E-state index is 13.4. The van der Waals surface area contributed by atoms with Crippen molar-refractivity contribution in [3.8, 4) is 5.75 Å². The number of aromatic nitrogens is 2. The van der Waals surface area contributed by atoms with Crippen molar-refractivity contribution >= 4 is 28.3 Å². The van der Waals surface area contributed by atoms with Gasteiger partial charge in [0, 0.05) is 17.3 Å². The van der Waals surface area contributed by atoms with E-state index in [0.717, 1.165) is 0 Å². The van der Waals surface area contributed by atoms with Gasteiger partial charge in [-0.05, 0) is 48.0 Å². The third-order valence-electron chi connectivity index (χ3n) is 4.22. The summed E-state index contributed by atoms with van der Waals surface area (Å²) in [5.74, 6) is -0.471. The second-order valence-electron chi connectivity index (χ2n) is 6.44. The van der Waals surface area contributed by atoms with Gasteiger partial charge >= 0.3 is 6.03 Å². The van der Waals surface area contributed by atoms with E-state index in [1.165, 1.54) is 36.7 Å². The van der Waals surface area contributed by atoms with Gasteiger partial charge in [0.15, 0.2) is 0 Å². The molecular formula is C22H16F2N4O2. The van der Waals surface area contributed by atoms with Crippen LogP contribution in [-0.2, 0) is 6.61 Å². The van der Waals surface area contributed by atoms with Crippen LogP contribution in [0.3, 0.4) is 0 Å². The quantitative estimate of drug-likeness (QED) is 0.482. The van der Waals surface area contributed by atoms with Gasteiger partial charge in [-0.25, -0.2) is 23.5 Å². The number of rotatable bonds is 5. The number of carbonyl (C=O) groups is 1. The molecule has 8 heteroatoms. The monoisotopic (exact) mass is 406 g/mol. The largest absolute Gasteiger partial charge is 0.487 e. The summed E-state index contributed by atoms with van der Waals surface area (Å²) in [7, 11) is 0. The molecule has 4 rings (SSSR count). The minimum atomic E-state index is -0.579. The highest BCUT2D eigenvalue weighted by Crippen LogP contribution is 2.30. The number of hydrogen-bond donors (Lipinski definition) is 2. The normalized spacial score (nSPS) is 10.6. The van der Waals surface area contributed by atoms with Crippen LogP contribution in [0.4, 0.5) is 25.0 Å². The number of nitrogens with one attached hydrogen (secondary N) is 2. The van der Waals surface area contributed by atoms with Gasteiger partial charge in [-0.1, -0.05) is 18.2 Å². The fraction of sp³-hybridized carbons (Fsp3) is 0.0455.